The zero-order valence-electron chi connectivity index (χ0n) is 10.1. The molecule has 1 rings (SSSR count). The van der Waals surface area contributed by atoms with Gasteiger partial charge in [-0.1, -0.05) is 26.2 Å². The third-order valence-electron chi connectivity index (χ3n) is 2.77. The van der Waals surface area contributed by atoms with Crippen LogP contribution in [0, 0.1) is 0 Å². The Kier molecular flexibility index (Phi) is 5.02. The van der Waals surface area contributed by atoms with Crippen molar-refractivity contribution in [1.82, 2.24) is 4.57 Å². The first kappa shape index (κ1) is 12.7. The normalized spacial score (nSPS) is 10.6. The van der Waals surface area contributed by atoms with Crippen molar-refractivity contribution in [2.45, 2.75) is 45.6 Å². The molecule has 0 saturated carbocycles. The number of nitrogens with zero attached hydrogens (tertiary/aromatic N) is 2. The number of aromatic carboxylic acids is 1. The van der Waals surface area contributed by atoms with E-state index < -0.39 is 5.97 Å². The fourth-order valence-corrected chi connectivity index (χ4v) is 1.86. The molecular formula is C12H21N2O2+. The van der Waals surface area contributed by atoms with Crippen molar-refractivity contribution in [2.24, 2.45) is 7.05 Å². The molecule has 1 heterocycles. The van der Waals surface area contributed by atoms with Crippen LogP contribution in [0.4, 0.5) is 0 Å². The lowest BCUT2D eigenvalue weighted by Crippen LogP contribution is -2.35. The number of aryl methyl sites for hydroxylation is 2. The summed E-state index contributed by atoms with van der Waals surface area (Å²) in [5.74, 6) is -0.503. The van der Waals surface area contributed by atoms with Gasteiger partial charge in [0.2, 0.25) is 0 Å². The van der Waals surface area contributed by atoms with E-state index in [-0.39, 0.29) is 0 Å². The van der Waals surface area contributed by atoms with Gasteiger partial charge >= 0.3 is 11.8 Å². The Morgan fingerprint density at radius 1 is 1.38 bits per heavy atom. The van der Waals surface area contributed by atoms with Crippen LogP contribution in [0.3, 0.4) is 0 Å². The van der Waals surface area contributed by atoms with Gasteiger partial charge in [-0.2, -0.15) is 0 Å². The van der Waals surface area contributed by atoms with Crippen molar-refractivity contribution in [2.75, 3.05) is 0 Å². The van der Waals surface area contributed by atoms with Gasteiger partial charge < -0.3 is 5.11 Å². The number of carboxylic acid groups (broad SMARTS) is 1. The minimum absolute atomic E-state index is 0.357. The molecular weight excluding hydrogens is 204 g/mol. The minimum Gasteiger partial charge on any atom is -0.472 e. The number of hydrogen-bond donors (Lipinski definition) is 1. The number of aromatic nitrogens is 2. The number of unbranched alkanes of at least 4 members (excludes halogenated alkanes) is 4. The molecule has 90 valence electrons. The molecule has 0 aliphatic heterocycles. The van der Waals surface area contributed by atoms with Crippen LogP contribution in [0.5, 0.6) is 0 Å². The van der Waals surface area contributed by atoms with Crippen LogP contribution in [0.15, 0.2) is 12.4 Å². The lowest BCUT2D eigenvalue weighted by molar-refractivity contribution is -0.673. The molecule has 0 aliphatic carbocycles. The maximum Gasteiger partial charge on any atom is 0.419 e. The number of hydrogen-bond acceptors (Lipinski definition) is 1. The van der Waals surface area contributed by atoms with Crippen LogP contribution in [-0.4, -0.2) is 15.6 Å². The van der Waals surface area contributed by atoms with Crippen molar-refractivity contribution >= 4 is 5.97 Å². The zero-order chi connectivity index (χ0) is 12.0. The number of carbonyl (C=O) groups is 1. The first-order chi connectivity index (χ1) is 7.66. The molecule has 0 aromatic carbocycles. The van der Waals surface area contributed by atoms with Gasteiger partial charge in [0.05, 0.1) is 13.6 Å². The molecule has 0 saturated heterocycles. The highest BCUT2D eigenvalue weighted by molar-refractivity contribution is 5.81. The van der Waals surface area contributed by atoms with E-state index in [2.05, 4.69) is 6.92 Å². The highest BCUT2D eigenvalue weighted by Gasteiger charge is 2.21. The van der Waals surface area contributed by atoms with Gasteiger partial charge in [-0.25, -0.2) is 13.9 Å². The minimum atomic E-state index is -0.860. The summed E-state index contributed by atoms with van der Waals surface area (Å²) < 4.78 is 3.46. The number of imidazole rings is 1. The molecule has 1 aromatic heterocycles. The Balaban J connectivity index is 2.45. The molecule has 0 fully saturated rings. The average molecular weight is 225 g/mol. The highest BCUT2D eigenvalue weighted by Crippen LogP contribution is 2.05. The maximum absolute atomic E-state index is 11.0. The second kappa shape index (κ2) is 6.30. The van der Waals surface area contributed by atoms with Crippen LogP contribution in [0.25, 0.3) is 0 Å². The van der Waals surface area contributed by atoms with E-state index in [0.717, 1.165) is 13.0 Å². The van der Waals surface area contributed by atoms with Gasteiger partial charge in [-0.3, -0.25) is 0 Å². The number of rotatable bonds is 7. The van der Waals surface area contributed by atoms with E-state index in [0.29, 0.717) is 5.82 Å². The van der Waals surface area contributed by atoms with Crippen LogP contribution in [0.1, 0.15) is 49.6 Å². The van der Waals surface area contributed by atoms with Gasteiger partial charge in [-0.05, 0) is 12.8 Å². The summed E-state index contributed by atoms with van der Waals surface area (Å²) in [6.07, 6.45) is 9.60. The van der Waals surface area contributed by atoms with Crippen molar-refractivity contribution in [3.8, 4) is 0 Å². The van der Waals surface area contributed by atoms with E-state index in [4.69, 9.17) is 5.11 Å². The largest absolute Gasteiger partial charge is 0.472 e. The molecule has 0 spiro atoms. The van der Waals surface area contributed by atoms with E-state index in [1.807, 2.05) is 10.8 Å². The van der Waals surface area contributed by atoms with E-state index >= 15 is 0 Å². The third kappa shape index (κ3) is 3.36. The molecule has 16 heavy (non-hydrogen) atoms. The van der Waals surface area contributed by atoms with E-state index in [1.165, 1.54) is 25.7 Å². The molecule has 4 heteroatoms. The molecule has 0 atom stereocenters. The number of carboxylic acids is 1. The second-order valence-electron chi connectivity index (χ2n) is 4.15. The average Bonchev–Trinajstić information content (AvgIpc) is 2.59. The van der Waals surface area contributed by atoms with Crippen molar-refractivity contribution < 1.29 is 14.5 Å². The molecule has 0 unspecified atom stereocenters. The summed E-state index contributed by atoms with van der Waals surface area (Å²) in [6, 6.07) is 0. The zero-order valence-corrected chi connectivity index (χ0v) is 10.1. The summed E-state index contributed by atoms with van der Waals surface area (Å²) in [6.45, 7) is 2.99. The van der Waals surface area contributed by atoms with E-state index in [1.54, 1.807) is 17.8 Å². The van der Waals surface area contributed by atoms with Crippen LogP contribution >= 0.6 is 0 Å². The molecule has 1 aromatic rings. The second-order valence-corrected chi connectivity index (χ2v) is 4.15. The molecule has 0 radical (unpaired) electrons. The van der Waals surface area contributed by atoms with Crippen LogP contribution in [-0.2, 0) is 13.6 Å². The maximum atomic E-state index is 11.0. The molecule has 1 N–H and O–H groups in total. The summed E-state index contributed by atoms with van der Waals surface area (Å²) >= 11 is 0. The highest BCUT2D eigenvalue weighted by atomic mass is 16.4. The summed E-state index contributed by atoms with van der Waals surface area (Å²) in [5.41, 5.74) is 0. The van der Waals surface area contributed by atoms with Crippen molar-refractivity contribution in [3.63, 3.8) is 0 Å². The third-order valence-corrected chi connectivity index (χ3v) is 2.77. The predicted octanol–water partition coefficient (Wildman–Crippen LogP) is 1.98. The monoisotopic (exact) mass is 225 g/mol. The van der Waals surface area contributed by atoms with Gasteiger partial charge in [0.15, 0.2) is 0 Å². The summed E-state index contributed by atoms with van der Waals surface area (Å²) in [7, 11) is 1.76. The molecule has 0 amide bonds. The quantitative estimate of drug-likeness (QED) is 0.569. The Morgan fingerprint density at radius 2 is 2.06 bits per heavy atom. The van der Waals surface area contributed by atoms with Gasteiger partial charge in [0.25, 0.3) is 0 Å². The lowest BCUT2D eigenvalue weighted by atomic mass is 10.1. The standard InChI is InChI=1S/C12H20N2O2/c1-3-4-5-6-7-8-14-10-9-13(2)11(14)12(15)16/h9-10H,3-8H2,1-2H3/p+1. The predicted molar refractivity (Wildman–Crippen MR) is 61.3 cm³/mol. The van der Waals surface area contributed by atoms with Crippen LogP contribution in [0.2, 0.25) is 0 Å². The smallest absolute Gasteiger partial charge is 0.419 e. The summed E-state index contributed by atoms with van der Waals surface area (Å²) in [5, 5.41) is 9.03. The van der Waals surface area contributed by atoms with Gasteiger partial charge in [0.1, 0.15) is 12.4 Å². The van der Waals surface area contributed by atoms with Crippen molar-refractivity contribution in [1.29, 1.82) is 0 Å². The van der Waals surface area contributed by atoms with E-state index in [9.17, 15) is 4.79 Å². The topological polar surface area (TPSA) is 46.1 Å². The SMILES string of the molecule is CCCCCCCn1cc[n+](C)c1C(=O)O. The van der Waals surface area contributed by atoms with Crippen LogP contribution < -0.4 is 4.57 Å². The summed E-state index contributed by atoms with van der Waals surface area (Å²) in [4.78, 5) is 11.0. The molecule has 4 nitrogen and oxygen atoms in total. The fourth-order valence-electron chi connectivity index (χ4n) is 1.86. The Bertz CT molecular complexity index is 345. The van der Waals surface area contributed by atoms with Gasteiger partial charge in [0, 0.05) is 0 Å². The Hall–Kier alpha value is -1.32. The fraction of sp³-hybridized carbons (Fsp3) is 0.667. The first-order valence-corrected chi connectivity index (χ1v) is 5.95. The Morgan fingerprint density at radius 3 is 2.69 bits per heavy atom. The molecule has 0 bridgehead atoms. The van der Waals surface area contributed by atoms with Crippen molar-refractivity contribution in [3.05, 3.63) is 18.2 Å². The lowest BCUT2D eigenvalue weighted by Gasteiger charge is -2.00. The first-order valence-electron chi connectivity index (χ1n) is 5.95. The van der Waals surface area contributed by atoms with Gasteiger partial charge in [-0.15, -0.1) is 0 Å². The molecule has 0 aliphatic rings. The Labute approximate surface area is 96.5 Å².